The van der Waals surface area contributed by atoms with Crippen molar-refractivity contribution in [3.63, 3.8) is 0 Å². The quantitative estimate of drug-likeness (QED) is 0.869. The lowest BCUT2D eigenvalue weighted by Gasteiger charge is -2.10. The summed E-state index contributed by atoms with van der Waals surface area (Å²) < 4.78 is 25.0. The molecule has 1 rings (SSSR count). The standard InChI is InChI=1S/C10H10BrF2NO2/c1-5-7(4-11)6(3-9(15)16)2-8(14-5)10(12)13/h2,10H,3-4H2,1H3,(H,15,16). The van der Waals surface area contributed by atoms with E-state index in [9.17, 15) is 13.6 Å². The Morgan fingerprint density at radius 1 is 1.62 bits per heavy atom. The van der Waals surface area contributed by atoms with Gasteiger partial charge < -0.3 is 5.11 Å². The van der Waals surface area contributed by atoms with Crippen molar-refractivity contribution in [1.29, 1.82) is 0 Å². The fourth-order valence-electron chi connectivity index (χ4n) is 1.41. The first-order chi connectivity index (χ1) is 7.45. The van der Waals surface area contributed by atoms with Crippen molar-refractivity contribution in [3.05, 3.63) is 28.6 Å². The molecule has 0 atom stereocenters. The van der Waals surface area contributed by atoms with Crippen LogP contribution in [0.3, 0.4) is 0 Å². The van der Waals surface area contributed by atoms with Crippen LogP contribution in [-0.2, 0) is 16.5 Å². The zero-order valence-electron chi connectivity index (χ0n) is 8.51. The van der Waals surface area contributed by atoms with E-state index >= 15 is 0 Å². The molecule has 0 aliphatic carbocycles. The van der Waals surface area contributed by atoms with E-state index in [1.165, 1.54) is 0 Å². The summed E-state index contributed by atoms with van der Waals surface area (Å²) in [5.74, 6) is -1.05. The minimum atomic E-state index is -2.68. The van der Waals surface area contributed by atoms with E-state index in [1.54, 1.807) is 6.92 Å². The Bertz CT molecular complexity index is 410. The minimum absolute atomic E-state index is 0.274. The number of hydrogen-bond donors (Lipinski definition) is 1. The van der Waals surface area contributed by atoms with Gasteiger partial charge in [0.15, 0.2) is 0 Å². The van der Waals surface area contributed by atoms with Gasteiger partial charge in [0.2, 0.25) is 0 Å². The summed E-state index contributed by atoms with van der Waals surface area (Å²) >= 11 is 3.19. The number of aromatic nitrogens is 1. The summed E-state index contributed by atoms with van der Waals surface area (Å²) in [5, 5.41) is 9.08. The van der Waals surface area contributed by atoms with Gasteiger partial charge in [-0.3, -0.25) is 9.78 Å². The maximum Gasteiger partial charge on any atom is 0.307 e. The third-order valence-corrected chi connectivity index (χ3v) is 2.70. The molecule has 0 aromatic carbocycles. The Kier molecular flexibility index (Phi) is 4.35. The maximum atomic E-state index is 12.5. The zero-order valence-corrected chi connectivity index (χ0v) is 10.1. The third kappa shape index (κ3) is 2.98. The van der Waals surface area contributed by atoms with Gasteiger partial charge in [0.25, 0.3) is 6.43 Å². The van der Waals surface area contributed by atoms with Crippen molar-refractivity contribution in [2.24, 2.45) is 0 Å². The van der Waals surface area contributed by atoms with Crippen molar-refractivity contribution in [2.75, 3.05) is 0 Å². The van der Waals surface area contributed by atoms with Crippen LogP contribution in [0.5, 0.6) is 0 Å². The van der Waals surface area contributed by atoms with Gasteiger partial charge in [-0.25, -0.2) is 8.78 Å². The first kappa shape index (κ1) is 13.0. The lowest BCUT2D eigenvalue weighted by atomic mass is 10.0. The van der Waals surface area contributed by atoms with Crippen LogP contribution in [0, 0.1) is 6.92 Å². The number of nitrogens with zero attached hydrogens (tertiary/aromatic N) is 1. The molecular formula is C10H10BrF2NO2. The van der Waals surface area contributed by atoms with Crippen molar-refractivity contribution in [2.45, 2.75) is 25.1 Å². The Morgan fingerprint density at radius 3 is 2.69 bits per heavy atom. The number of alkyl halides is 3. The average molecular weight is 294 g/mol. The number of halogens is 3. The van der Waals surface area contributed by atoms with E-state index in [0.717, 1.165) is 6.07 Å². The van der Waals surface area contributed by atoms with E-state index in [1.807, 2.05) is 0 Å². The summed E-state index contributed by atoms with van der Waals surface area (Å²) in [6, 6.07) is 1.16. The average Bonchev–Trinajstić information content (AvgIpc) is 2.16. The van der Waals surface area contributed by atoms with Crippen LogP contribution in [0.4, 0.5) is 8.78 Å². The van der Waals surface area contributed by atoms with Gasteiger partial charge in [-0.15, -0.1) is 0 Å². The van der Waals surface area contributed by atoms with Gasteiger partial charge in [-0.05, 0) is 24.1 Å². The van der Waals surface area contributed by atoms with Crippen LogP contribution in [0.25, 0.3) is 0 Å². The highest BCUT2D eigenvalue weighted by molar-refractivity contribution is 9.08. The van der Waals surface area contributed by atoms with Crippen LogP contribution in [0.2, 0.25) is 0 Å². The highest BCUT2D eigenvalue weighted by Crippen LogP contribution is 2.23. The number of pyridine rings is 1. The Morgan fingerprint density at radius 2 is 2.25 bits per heavy atom. The molecule has 1 heterocycles. The Labute approximate surface area is 99.6 Å². The molecule has 3 nitrogen and oxygen atoms in total. The smallest absolute Gasteiger partial charge is 0.307 e. The zero-order chi connectivity index (χ0) is 12.3. The molecule has 0 amide bonds. The molecule has 0 saturated carbocycles. The molecule has 0 spiro atoms. The van der Waals surface area contributed by atoms with Gasteiger partial charge >= 0.3 is 5.97 Å². The summed E-state index contributed by atoms with van der Waals surface area (Å²) in [6.45, 7) is 1.59. The minimum Gasteiger partial charge on any atom is -0.481 e. The van der Waals surface area contributed by atoms with Crippen molar-refractivity contribution in [1.82, 2.24) is 4.98 Å². The van der Waals surface area contributed by atoms with Crippen LogP contribution in [0.15, 0.2) is 6.07 Å². The molecule has 0 bridgehead atoms. The second-order valence-corrected chi connectivity index (χ2v) is 3.84. The third-order valence-electron chi connectivity index (χ3n) is 2.14. The van der Waals surface area contributed by atoms with Crippen LogP contribution < -0.4 is 0 Å². The number of aryl methyl sites for hydroxylation is 1. The maximum absolute atomic E-state index is 12.5. The van der Waals surface area contributed by atoms with Crippen molar-refractivity contribution < 1.29 is 18.7 Å². The topological polar surface area (TPSA) is 50.2 Å². The van der Waals surface area contributed by atoms with E-state index < -0.39 is 12.4 Å². The van der Waals surface area contributed by atoms with Crippen molar-refractivity contribution in [3.8, 4) is 0 Å². The molecule has 1 aromatic rings. The number of rotatable bonds is 4. The van der Waals surface area contributed by atoms with Gasteiger partial charge in [0.1, 0.15) is 5.69 Å². The number of carboxylic acids is 1. The number of hydrogen-bond acceptors (Lipinski definition) is 2. The van der Waals surface area contributed by atoms with Crippen LogP contribution >= 0.6 is 15.9 Å². The second-order valence-electron chi connectivity index (χ2n) is 3.28. The largest absolute Gasteiger partial charge is 0.481 e. The van der Waals surface area contributed by atoms with Gasteiger partial charge in [-0.2, -0.15) is 0 Å². The summed E-state index contributed by atoms with van der Waals surface area (Å²) in [5.41, 5.74) is 1.10. The highest BCUT2D eigenvalue weighted by Gasteiger charge is 2.16. The van der Waals surface area contributed by atoms with Crippen molar-refractivity contribution >= 4 is 21.9 Å². The highest BCUT2D eigenvalue weighted by atomic mass is 79.9. The van der Waals surface area contributed by atoms with E-state index in [-0.39, 0.29) is 12.1 Å². The van der Waals surface area contributed by atoms with Gasteiger partial charge in [0, 0.05) is 11.0 Å². The Hall–Kier alpha value is -1.04. The van der Waals surface area contributed by atoms with E-state index in [4.69, 9.17) is 5.11 Å². The van der Waals surface area contributed by atoms with Gasteiger partial charge in [0.05, 0.1) is 6.42 Å². The monoisotopic (exact) mass is 293 g/mol. The number of carbonyl (C=O) groups is 1. The number of carboxylic acid groups (broad SMARTS) is 1. The van der Waals surface area contributed by atoms with Gasteiger partial charge in [-0.1, -0.05) is 15.9 Å². The van der Waals surface area contributed by atoms with Crippen LogP contribution in [0.1, 0.15) is 28.9 Å². The molecule has 0 radical (unpaired) electrons. The molecule has 0 saturated heterocycles. The molecule has 0 unspecified atom stereocenters. The Balaban J connectivity index is 3.24. The summed E-state index contributed by atoms with van der Waals surface area (Å²) in [4.78, 5) is 14.3. The lowest BCUT2D eigenvalue weighted by Crippen LogP contribution is -2.07. The second kappa shape index (κ2) is 5.34. The SMILES string of the molecule is Cc1nc(C(F)F)cc(CC(=O)O)c1CBr. The first-order valence-corrected chi connectivity index (χ1v) is 5.63. The molecule has 0 aliphatic rings. The molecule has 0 fully saturated rings. The summed E-state index contributed by atoms with van der Waals surface area (Å²) in [6.07, 6.45) is -2.96. The molecule has 1 aromatic heterocycles. The molecule has 1 N–H and O–H groups in total. The lowest BCUT2D eigenvalue weighted by molar-refractivity contribution is -0.136. The summed E-state index contributed by atoms with van der Waals surface area (Å²) in [7, 11) is 0. The van der Waals surface area contributed by atoms with Crippen LogP contribution in [-0.4, -0.2) is 16.1 Å². The predicted molar refractivity (Wildman–Crippen MR) is 57.9 cm³/mol. The number of aliphatic carboxylic acids is 1. The fourth-order valence-corrected chi connectivity index (χ4v) is 2.17. The normalized spacial score (nSPS) is 10.8. The van der Waals surface area contributed by atoms with E-state index in [0.29, 0.717) is 22.2 Å². The molecule has 16 heavy (non-hydrogen) atoms. The fraction of sp³-hybridized carbons (Fsp3) is 0.400. The predicted octanol–water partition coefficient (Wildman–Crippen LogP) is 2.85. The molecular weight excluding hydrogens is 284 g/mol. The molecule has 0 aliphatic heterocycles. The van der Waals surface area contributed by atoms with E-state index in [2.05, 4.69) is 20.9 Å². The molecule has 88 valence electrons. The molecule has 6 heteroatoms. The first-order valence-electron chi connectivity index (χ1n) is 4.51.